The van der Waals surface area contributed by atoms with Gasteiger partial charge in [0, 0.05) is 24.9 Å². The second-order valence-corrected chi connectivity index (χ2v) is 9.53. The van der Waals surface area contributed by atoms with Crippen molar-refractivity contribution in [3.05, 3.63) is 64.4 Å². The number of hydrogen-bond donors (Lipinski definition) is 2. The molecule has 36 heavy (non-hydrogen) atoms. The summed E-state index contributed by atoms with van der Waals surface area (Å²) in [4.78, 5) is 31.7. The molecule has 3 heterocycles. The summed E-state index contributed by atoms with van der Waals surface area (Å²) < 4.78 is 40.8. The minimum Gasteiger partial charge on any atom is -0.385 e. The van der Waals surface area contributed by atoms with Crippen LogP contribution in [0.15, 0.2) is 48.5 Å². The first-order valence-corrected chi connectivity index (χ1v) is 12.0. The lowest BCUT2D eigenvalue weighted by molar-refractivity contribution is -0.137. The van der Waals surface area contributed by atoms with Crippen LogP contribution in [0.4, 0.5) is 19.0 Å². The number of nitrogens with one attached hydrogen (secondary N) is 1. The molecule has 2 aliphatic heterocycles. The summed E-state index contributed by atoms with van der Waals surface area (Å²) in [5.41, 5.74) is -1.38. The number of para-hydroxylation sites is 1. The number of aliphatic hydroxyl groups is 1. The van der Waals surface area contributed by atoms with Crippen LogP contribution in [0.5, 0.6) is 0 Å². The fraction of sp³-hybridized carbons (Fsp3) is 0.360. The molecule has 0 bridgehead atoms. The highest BCUT2D eigenvalue weighted by Crippen LogP contribution is 2.37. The molecule has 1 atom stereocenters. The number of hydrogen-bond acceptors (Lipinski definition) is 6. The maximum absolute atomic E-state index is 13.1. The van der Waals surface area contributed by atoms with Crippen LogP contribution in [0.25, 0.3) is 10.9 Å². The molecule has 0 radical (unpaired) electrons. The Morgan fingerprint density at radius 2 is 1.89 bits per heavy atom. The van der Waals surface area contributed by atoms with Crippen LogP contribution in [0.3, 0.4) is 0 Å². The number of fused-ring (bicyclic) bond motifs is 3. The number of rotatable bonds is 4. The van der Waals surface area contributed by atoms with Gasteiger partial charge in [0.2, 0.25) is 10.7 Å². The molecule has 11 heteroatoms. The Morgan fingerprint density at radius 3 is 2.61 bits per heavy atom. The third-order valence-corrected chi connectivity index (χ3v) is 7.21. The summed E-state index contributed by atoms with van der Waals surface area (Å²) in [6, 6.07) is 11.4. The molecule has 0 spiro atoms. The van der Waals surface area contributed by atoms with Crippen molar-refractivity contribution < 1.29 is 27.9 Å². The Balaban J connectivity index is 1.21. The maximum Gasteiger partial charge on any atom is 0.416 e. The fourth-order valence-corrected chi connectivity index (χ4v) is 5.17. The zero-order chi connectivity index (χ0) is 25.7. The predicted octanol–water partition coefficient (Wildman–Crippen LogP) is 4.51. The van der Waals surface area contributed by atoms with E-state index in [9.17, 15) is 27.9 Å². The molecule has 0 saturated carbocycles. The molecule has 1 saturated heterocycles. The smallest absolute Gasteiger partial charge is 0.385 e. The standard InChI is InChI=1S/C25H23F3N4O3S/c26-25(27,28)16-5-3-4-15(14-16)24(35)10-12-31(13-11-24)20(33)9-8-19-22(34)32-21(29-19)17-6-1-2-7-18(17)30-23(32)36/h1-7,14,19,29,35H,8-13H2/t19-/m1/s1. The molecule has 188 valence electrons. The average molecular weight is 517 g/mol. The van der Waals surface area contributed by atoms with Gasteiger partial charge in [0.05, 0.1) is 16.7 Å². The monoisotopic (exact) mass is 516 g/mol. The Labute approximate surface area is 209 Å². The molecule has 1 aromatic heterocycles. The van der Waals surface area contributed by atoms with Gasteiger partial charge in [-0.1, -0.05) is 24.3 Å². The first kappa shape index (κ1) is 24.4. The van der Waals surface area contributed by atoms with Crippen molar-refractivity contribution in [2.75, 3.05) is 18.4 Å². The van der Waals surface area contributed by atoms with Gasteiger partial charge in [-0.15, -0.1) is 0 Å². The van der Waals surface area contributed by atoms with Gasteiger partial charge in [0.15, 0.2) is 0 Å². The maximum atomic E-state index is 13.1. The number of piperidine rings is 1. The third kappa shape index (κ3) is 4.37. The minimum absolute atomic E-state index is 0.0953. The number of carbonyl (C=O) groups excluding carboxylic acids is 2. The van der Waals surface area contributed by atoms with Crippen LogP contribution in [0, 0.1) is 4.77 Å². The van der Waals surface area contributed by atoms with Crippen molar-refractivity contribution in [1.82, 2.24) is 14.5 Å². The fourth-order valence-electron chi connectivity index (χ4n) is 4.89. The zero-order valence-electron chi connectivity index (χ0n) is 19.1. The lowest BCUT2D eigenvalue weighted by atomic mass is 9.83. The highest BCUT2D eigenvalue weighted by atomic mass is 32.1. The molecular formula is C25H23F3N4O3S. The van der Waals surface area contributed by atoms with E-state index in [2.05, 4.69) is 10.3 Å². The number of anilines is 1. The molecule has 7 nitrogen and oxygen atoms in total. The lowest BCUT2D eigenvalue weighted by Crippen LogP contribution is -2.45. The van der Waals surface area contributed by atoms with Crippen LogP contribution in [0.1, 0.15) is 41.6 Å². The van der Waals surface area contributed by atoms with Gasteiger partial charge < -0.3 is 15.3 Å². The number of nitrogens with zero attached hydrogens (tertiary/aromatic N) is 3. The van der Waals surface area contributed by atoms with Gasteiger partial charge in [0.25, 0.3) is 5.91 Å². The number of amides is 1. The quantitative estimate of drug-likeness (QED) is 0.497. The minimum atomic E-state index is -4.50. The van der Waals surface area contributed by atoms with Crippen LogP contribution in [0.2, 0.25) is 0 Å². The normalized spacial score (nSPS) is 19.3. The summed E-state index contributed by atoms with van der Waals surface area (Å²) in [7, 11) is 0. The van der Waals surface area contributed by atoms with E-state index in [1.54, 1.807) is 4.90 Å². The largest absolute Gasteiger partial charge is 0.416 e. The van der Waals surface area contributed by atoms with Crippen molar-refractivity contribution in [3.63, 3.8) is 0 Å². The van der Waals surface area contributed by atoms with Gasteiger partial charge in [-0.3, -0.25) is 9.59 Å². The molecule has 5 rings (SSSR count). The molecular weight excluding hydrogens is 493 g/mol. The summed E-state index contributed by atoms with van der Waals surface area (Å²) in [6.07, 6.45) is -3.91. The molecule has 0 aliphatic carbocycles. The van der Waals surface area contributed by atoms with E-state index >= 15 is 0 Å². The Kier molecular flexibility index (Phi) is 6.08. The van der Waals surface area contributed by atoms with E-state index in [4.69, 9.17) is 12.2 Å². The number of aromatic nitrogens is 2. The second kappa shape index (κ2) is 8.97. The molecule has 2 aliphatic rings. The van der Waals surface area contributed by atoms with E-state index in [1.165, 1.54) is 16.7 Å². The van der Waals surface area contributed by atoms with Gasteiger partial charge in [-0.25, -0.2) is 9.55 Å². The molecule has 2 N–H and O–H groups in total. The lowest BCUT2D eigenvalue weighted by Gasteiger charge is -2.39. The van der Waals surface area contributed by atoms with E-state index in [1.807, 2.05) is 24.3 Å². The Morgan fingerprint density at radius 1 is 1.17 bits per heavy atom. The van der Waals surface area contributed by atoms with E-state index in [0.717, 1.165) is 17.5 Å². The SMILES string of the molecule is O=C(CC[C@H]1Nc2c3ccccc3nc(=S)n2C1=O)N1CCC(O)(c2cccc(C(F)(F)F)c2)CC1. The van der Waals surface area contributed by atoms with Crippen LogP contribution in [-0.2, 0) is 16.6 Å². The topological polar surface area (TPSA) is 87.5 Å². The number of benzene rings is 2. The Bertz CT molecular complexity index is 1410. The summed E-state index contributed by atoms with van der Waals surface area (Å²) >= 11 is 5.29. The van der Waals surface area contributed by atoms with Gasteiger partial charge in [0.1, 0.15) is 11.9 Å². The van der Waals surface area contributed by atoms with Crippen LogP contribution >= 0.6 is 12.2 Å². The van der Waals surface area contributed by atoms with Gasteiger partial charge in [-0.2, -0.15) is 13.2 Å². The highest BCUT2D eigenvalue weighted by molar-refractivity contribution is 7.71. The molecule has 3 aromatic rings. The van der Waals surface area contributed by atoms with Crippen molar-refractivity contribution in [2.45, 2.75) is 43.5 Å². The van der Waals surface area contributed by atoms with Crippen LogP contribution < -0.4 is 5.32 Å². The zero-order valence-corrected chi connectivity index (χ0v) is 19.9. The van der Waals surface area contributed by atoms with Crippen molar-refractivity contribution in [1.29, 1.82) is 0 Å². The van der Waals surface area contributed by atoms with Crippen LogP contribution in [-0.4, -0.2) is 50.5 Å². The number of likely N-dealkylation sites (tertiary alicyclic amines) is 1. The van der Waals surface area contributed by atoms with Crippen molar-refractivity contribution >= 4 is 40.8 Å². The average Bonchev–Trinajstić information content (AvgIpc) is 3.19. The summed E-state index contributed by atoms with van der Waals surface area (Å²) in [5.74, 6) is 0.119. The summed E-state index contributed by atoms with van der Waals surface area (Å²) in [5, 5.41) is 14.9. The highest BCUT2D eigenvalue weighted by Gasteiger charge is 2.38. The first-order valence-electron chi connectivity index (χ1n) is 11.6. The summed E-state index contributed by atoms with van der Waals surface area (Å²) in [6.45, 7) is 0.412. The van der Waals surface area contributed by atoms with E-state index in [0.29, 0.717) is 11.3 Å². The predicted molar refractivity (Wildman–Crippen MR) is 129 cm³/mol. The number of halogens is 3. The van der Waals surface area contributed by atoms with Crippen molar-refractivity contribution in [3.8, 4) is 0 Å². The number of alkyl halides is 3. The molecule has 0 unspecified atom stereocenters. The van der Waals surface area contributed by atoms with E-state index in [-0.39, 0.29) is 60.9 Å². The third-order valence-electron chi connectivity index (χ3n) is 6.94. The number of carbonyl (C=O) groups is 2. The van der Waals surface area contributed by atoms with Gasteiger partial charge >= 0.3 is 6.18 Å². The first-order chi connectivity index (χ1) is 17.1. The molecule has 2 aromatic carbocycles. The molecule has 1 fully saturated rings. The second-order valence-electron chi connectivity index (χ2n) is 9.16. The van der Waals surface area contributed by atoms with Gasteiger partial charge in [-0.05, 0) is 61.3 Å². The van der Waals surface area contributed by atoms with Crippen molar-refractivity contribution in [2.24, 2.45) is 0 Å². The molecule has 1 amide bonds. The Hall–Kier alpha value is -3.31. The van der Waals surface area contributed by atoms with E-state index < -0.39 is 23.4 Å².